The maximum Gasteiger partial charge on any atom is 0.313 e. The van der Waals surface area contributed by atoms with Crippen molar-refractivity contribution < 1.29 is 23.1 Å². The highest BCUT2D eigenvalue weighted by atomic mass is 19.1. The van der Waals surface area contributed by atoms with Gasteiger partial charge in [-0.05, 0) is 17.7 Å². The van der Waals surface area contributed by atoms with E-state index < -0.39 is 29.3 Å². The summed E-state index contributed by atoms with van der Waals surface area (Å²) in [6, 6.07) is 2.07. The second-order valence-corrected chi connectivity index (χ2v) is 5.34. The molecule has 0 spiro atoms. The molecule has 1 aromatic rings. The summed E-state index contributed by atoms with van der Waals surface area (Å²) in [6.45, 7) is 6.56. The molecule has 1 N–H and O–H groups in total. The number of benzene rings is 1. The van der Waals surface area contributed by atoms with Gasteiger partial charge >= 0.3 is 5.97 Å². The molecule has 0 aliphatic heterocycles. The highest BCUT2D eigenvalue weighted by Crippen LogP contribution is 2.24. The van der Waals surface area contributed by atoms with Crippen LogP contribution in [0.5, 0.6) is 5.75 Å². The minimum atomic E-state index is -0.974. The fourth-order valence-electron chi connectivity index (χ4n) is 1.42. The third kappa shape index (κ3) is 4.81. The number of ether oxygens (including phenoxy) is 1. The largest absolute Gasteiger partial charge is 0.420 e. The van der Waals surface area contributed by atoms with Crippen LogP contribution in [0.2, 0.25) is 0 Å². The smallest absolute Gasteiger partial charge is 0.313 e. The first-order valence-corrected chi connectivity index (χ1v) is 6.69. The molecule has 0 aliphatic carbocycles. The Bertz CT molecular complexity index is 519. The molecule has 0 aliphatic rings. The van der Waals surface area contributed by atoms with Crippen molar-refractivity contribution in [1.82, 2.24) is 5.32 Å². The highest BCUT2D eigenvalue weighted by molar-refractivity contribution is 5.77. The molecule has 0 bridgehead atoms. The van der Waals surface area contributed by atoms with Crippen LogP contribution in [0.4, 0.5) is 8.78 Å². The van der Waals surface area contributed by atoms with E-state index in [9.17, 15) is 18.4 Å². The number of hydrogen-bond donors (Lipinski definition) is 1. The Morgan fingerprint density at radius 3 is 2.05 bits per heavy atom. The van der Waals surface area contributed by atoms with Crippen LogP contribution < -0.4 is 10.1 Å². The molecule has 0 heterocycles. The maximum atomic E-state index is 13.8. The Balaban J connectivity index is 2.84. The lowest BCUT2D eigenvalue weighted by molar-refractivity contribution is -0.138. The Labute approximate surface area is 122 Å². The third-order valence-electron chi connectivity index (χ3n) is 2.72. The molecule has 0 unspecified atom stereocenters. The molecule has 1 rings (SSSR count). The second kappa shape index (κ2) is 7.15. The van der Waals surface area contributed by atoms with Crippen molar-refractivity contribution in [1.29, 1.82) is 0 Å². The Morgan fingerprint density at radius 1 is 1.10 bits per heavy atom. The number of nitrogens with one attached hydrogen (secondary N) is 1. The van der Waals surface area contributed by atoms with E-state index in [-0.39, 0.29) is 23.9 Å². The van der Waals surface area contributed by atoms with E-state index in [1.54, 1.807) is 27.7 Å². The van der Waals surface area contributed by atoms with Crippen molar-refractivity contribution in [2.45, 2.75) is 34.2 Å². The molecule has 0 fully saturated rings. The zero-order valence-electron chi connectivity index (χ0n) is 12.5. The average molecular weight is 299 g/mol. The molecule has 116 valence electrons. The van der Waals surface area contributed by atoms with Gasteiger partial charge in [-0.25, -0.2) is 8.78 Å². The van der Waals surface area contributed by atoms with Crippen LogP contribution in [0, 0.1) is 23.5 Å². The molecule has 21 heavy (non-hydrogen) atoms. The minimum absolute atomic E-state index is 0.00323. The summed E-state index contributed by atoms with van der Waals surface area (Å²) in [5.41, 5.74) is 0.253. The number of amides is 1. The predicted octanol–water partition coefficient (Wildman–Crippen LogP) is 2.80. The summed E-state index contributed by atoms with van der Waals surface area (Å²) in [5.74, 6) is -4.30. The lowest BCUT2D eigenvalue weighted by Crippen LogP contribution is -2.27. The lowest BCUT2D eigenvalue weighted by Gasteiger charge is -2.11. The quantitative estimate of drug-likeness (QED) is 0.672. The normalized spacial score (nSPS) is 10.9. The van der Waals surface area contributed by atoms with Gasteiger partial charge in [-0.1, -0.05) is 27.7 Å². The number of hydrogen-bond acceptors (Lipinski definition) is 3. The van der Waals surface area contributed by atoms with Crippen LogP contribution in [0.15, 0.2) is 12.1 Å². The first-order valence-electron chi connectivity index (χ1n) is 6.69. The van der Waals surface area contributed by atoms with Gasteiger partial charge in [0, 0.05) is 12.5 Å². The van der Waals surface area contributed by atoms with Crippen LogP contribution in [-0.2, 0) is 16.1 Å². The van der Waals surface area contributed by atoms with Gasteiger partial charge in [-0.15, -0.1) is 0 Å². The van der Waals surface area contributed by atoms with Crippen LogP contribution in [0.1, 0.15) is 33.3 Å². The van der Waals surface area contributed by atoms with E-state index in [0.717, 1.165) is 12.1 Å². The van der Waals surface area contributed by atoms with Crippen molar-refractivity contribution in [3.63, 3.8) is 0 Å². The Morgan fingerprint density at radius 2 is 1.62 bits per heavy atom. The summed E-state index contributed by atoms with van der Waals surface area (Å²) >= 11 is 0. The standard InChI is InChI=1S/C15H19F2NO3/c1-8(2)14(19)18-7-10-5-11(16)13(12(17)6-10)21-15(20)9(3)4/h5-6,8-9H,7H2,1-4H3,(H,18,19). The van der Waals surface area contributed by atoms with E-state index >= 15 is 0 Å². The number of halogens is 2. The average Bonchev–Trinajstić information content (AvgIpc) is 2.39. The second-order valence-electron chi connectivity index (χ2n) is 5.34. The Hall–Kier alpha value is -1.98. The zero-order chi connectivity index (χ0) is 16.2. The Kier molecular flexibility index (Phi) is 5.81. The van der Waals surface area contributed by atoms with Gasteiger partial charge < -0.3 is 10.1 Å². The number of carbonyl (C=O) groups is 2. The van der Waals surface area contributed by atoms with Gasteiger partial charge in [0.15, 0.2) is 11.6 Å². The van der Waals surface area contributed by atoms with Crippen LogP contribution in [0.25, 0.3) is 0 Å². The molecule has 0 saturated heterocycles. The summed E-state index contributed by atoms with van der Waals surface area (Å²) in [6.07, 6.45) is 0. The molecule has 0 aromatic heterocycles. The van der Waals surface area contributed by atoms with Crippen molar-refractivity contribution in [2.75, 3.05) is 0 Å². The van der Waals surface area contributed by atoms with Crippen molar-refractivity contribution >= 4 is 11.9 Å². The topological polar surface area (TPSA) is 55.4 Å². The zero-order valence-corrected chi connectivity index (χ0v) is 12.5. The molecular formula is C15H19F2NO3. The van der Waals surface area contributed by atoms with Gasteiger partial charge in [-0.3, -0.25) is 9.59 Å². The first kappa shape index (κ1) is 17.1. The van der Waals surface area contributed by atoms with E-state index in [1.807, 2.05) is 0 Å². The van der Waals surface area contributed by atoms with Crippen LogP contribution in [-0.4, -0.2) is 11.9 Å². The fraction of sp³-hybridized carbons (Fsp3) is 0.467. The van der Waals surface area contributed by atoms with Crippen LogP contribution in [0.3, 0.4) is 0 Å². The van der Waals surface area contributed by atoms with Crippen molar-refractivity contribution in [3.05, 3.63) is 29.3 Å². The predicted molar refractivity (Wildman–Crippen MR) is 73.5 cm³/mol. The molecule has 0 atom stereocenters. The summed E-state index contributed by atoms with van der Waals surface area (Å²) in [5, 5.41) is 2.55. The number of carbonyl (C=O) groups excluding carboxylic acids is 2. The van der Waals surface area contributed by atoms with E-state index in [0.29, 0.717) is 0 Å². The molecule has 0 saturated carbocycles. The van der Waals surface area contributed by atoms with E-state index in [4.69, 9.17) is 0 Å². The van der Waals surface area contributed by atoms with Crippen molar-refractivity contribution in [3.8, 4) is 5.75 Å². The number of rotatable bonds is 5. The monoisotopic (exact) mass is 299 g/mol. The molecule has 0 radical (unpaired) electrons. The summed E-state index contributed by atoms with van der Waals surface area (Å²) in [4.78, 5) is 22.8. The van der Waals surface area contributed by atoms with E-state index in [1.165, 1.54) is 0 Å². The van der Waals surface area contributed by atoms with E-state index in [2.05, 4.69) is 10.1 Å². The molecule has 4 nitrogen and oxygen atoms in total. The minimum Gasteiger partial charge on any atom is -0.420 e. The molecule has 1 amide bonds. The van der Waals surface area contributed by atoms with Crippen LogP contribution >= 0.6 is 0 Å². The third-order valence-corrected chi connectivity index (χ3v) is 2.72. The number of esters is 1. The maximum absolute atomic E-state index is 13.8. The van der Waals surface area contributed by atoms with Gasteiger partial charge in [-0.2, -0.15) is 0 Å². The molecular weight excluding hydrogens is 280 g/mol. The molecule has 1 aromatic carbocycles. The van der Waals surface area contributed by atoms with Gasteiger partial charge in [0.25, 0.3) is 0 Å². The summed E-state index contributed by atoms with van der Waals surface area (Å²) < 4.78 is 32.3. The van der Waals surface area contributed by atoms with Crippen molar-refractivity contribution in [2.24, 2.45) is 11.8 Å². The van der Waals surface area contributed by atoms with Gasteiger partial charge in [0.05, 0.1) is 5.92 Å². The SMILES string of the molecule is CC(C)C(=O)NCc1cc(F)c(OC(=O)C(C)C)c(F)c1. The highest BCUT2D eigenvalue weighted by Gasteiger charge is 2.18. The molecule has 6 heteroatoms. The van der Waals surface area contributed by atoms with Gasteiger partial charge in [0.1, 0.15) is 0 Å². The van der Waals surface area contributed by atoms with Gasteiger partial charge in [0.2, 0.25) is 11.7 Å². The fourth-order valence-corrected chi connectivity index (χ4v) is 1.42. The lowest BCUT2D eigenvalue weighted by atomic mass is 10.1. The first-order chi connectivity index (χ1) is 9.72. The summed E-state index contributed by atoms with van der Waals surface area (Å²) in [7, 11) is 0.